The number of aromatic hydroxyl groups is 1. The maximum atomic E-state index is 10.5. The molecule has 1 fully saturated rings. The van der Waals surface area contributed by atoms with Crippen LogP contribution in [0.4, 0.5) is 5.13 Å². The zero-order chi connectivity index (χ0) is 20.8. The highest BCUT2D eigenvalue weighted by Crippen LogP contribution is 2.39. The number of phenols is 1. The quantitative estimate of drug-likeness (QED) is 0.670. The van der Waals surface area contributed by atoms with Gasteiger partial charge >= 0.3 is 0 Å². The van der Waals surface area contributed by atoms with E-state index >= 15 is 0 Å². The molecule has 29 heavy (non-hydrogen) atoms. The van der Waals surface area contributed by atoms with Gasteiger partial charge in [0.2, 0.25) is 5.13 Å². The number of likely N-dealkylation sites (tertiary alicyclic amines) is 1. The number of piperidine rings is 1. The van der Waals surface area contributed by atoms with E-state index in [0.717, 1.165) is 23.7 Å². The first-order chi connectivity index (χ1) is 13.7. The van der Waals surface area contributed by atoms with Gasteiger partial charge in [0.05, 0.1) is 11.3 Å². The van der Waals surface area contributed by atoms with E-state index in [1.54, 1.807) is 16.9 Å². The Morgan fingerprint density at radius 3 is 2.48 bits per heavy atom. The van der Waals surface area contributed by atoms with Gasteiger partial charge in [-0.15, -0.1) is 10.2 Å². The van der Waals surface area contributed by atoms with Crippen LogP contribution in [-0.2, 0) is 0 Å². The Hall–Kier alpha value is -2.45. The molecule has 0 spiro atoms. The fourth-order valence-corrected chi connectivity index (χ4v) is 5.16. The van der Waals surface area contributed by atoms with E-state index in [-0.39, 0.29) is 16.8 Å². The highest BCUT2D eigenvalue weighted by atomic mass is 32.1. The first kappa shape index (κ1) is 19.8. The molecule has 4 rings (SSSR count). The largest absolute Gasteiger partial charge is 0.507 e. The minimum absolute atomic E-state index is 0.105. The molecule has 1 saturated heterocycles. The predicted octanol–water partition coefficient (Wildman–Crippen LogP) is 4.16. The molecule has 0 bridgehead atoms. The SMILES string of the molecule is CN1C(C)(C)CC(Nc2nnc(-c3ccc(-n4cccn4)cc3O)s2)CC1(C)C. The van der Waals surface area contributed by atoms with E-state index in [1.165, 1.54) is 11.3 Å². The molecule has 2 N–H and O–H groups in total. The molecular weight excluding hydrogens is 384 g/mol. The predicted molar refractivity (Wildman–Crippen MR) is 117 cm³/mol. The van der Waals surface area contributed by atoms with Crippen molar-refractivity contribution in [1.29, 1.82) is 0 Å². The Morgan fingerprint density at radius 2 is 1.86 bits per heavy atom. The first-order valence-corrected chi connectivity index (χ1v) is 10.6. The Kier molecular flexibility index (Phi) is 4.86. The topological polar surface area (TPSA) is 79.1 Å². The number of hydrogen-bond acceptors (Lipinski definition) is 7. The maximum Gasteiger partial charge on any atom is 0.206 e. The van der Waals surface area contributed by atoms with E-state index in [1.807, 2.05) is 24.4 Å². The average molecular weight is 413 g/mol. The zero-order valence-electron chi connectivity index (χ0n) is 17.5. The lowest BCUT2D eigenvalue weighted by Gasteiger charge is -2.53. The summed E-state index contributed by atoms with van der Waals surface area (Å²) in [6.45, 7) is 9.14. The average Bonchev–Trinajstić information content (AvgIpc) is 3.31. The molecule has 1 aliphatic rings. The third-order valence-electron chi connectivity index (χ3n) is 6.04. The number of nitrogens with one attached hydrogen (secondary N) is 1. The summed E-state index contributed by atoms with van der Waals surface area (Å²) in [5.74, 6) is 0.169. The van der Waals surface area contributed by atoms with E-state index < -0.39 is 0 Å². The van der Waals surface area contributed by atoms with Crippen molar-refractivity contribution in [3.63, 3.8) is 0 Å². The lowest BCUT2D eigenvalue weighted by molar-refractivity contribution is -0.00768. The number of aromatic nitrogens is 4. The smallest absolute Gasteiger partial charge is 0.206 e. The van der Waals surface area contributed by atoms with Crippen molar-refractivity contribution in [2.45, 2.75) is 57.7 Å². The lowest BCUT2D eigenvalue weighted by Crippen LogP contribution is -2.61. The van der Waals surface area contributed by atoms with Gasteiger partial charge in [0.15, 0.2) is 5.01 Å². The van der Waals surface area contributed by atoms with Gasteiger partial charge in [0.1, 0.15) is 5.75 Å². The molecule has 7 nitrogen and oxygen atoms in total. The van der Waals surface area contributed by atoms with Crippen LogP contribution in [-0.4, -0.2) is 54.2 Å². The fourth-order valence-electron chi connectivity index (χ4n) is 4.30. The minimum atomic E-state index is 0.105. The van der Waals surface area contributed by atoms with Gasteiger partial charge in [-0.3, -0.25) is 4.90 Å². The minimum Gasteiger partial charge on any atom is -0.507 e. The first-order valence-electron chi connectivity index (χ1n) is 9.83. The Labute approximate surface area is 175 Å². The van der Waals surface area contributed by atoms with Crippen molar-refractivity contribution in [3.8, 4) is 22.0 Å². The van der Waals surface area contributed by atoms with E-state index in [4.69, 9.17) is 0 Å². The number of hydrogen-bond donors (Lipinski definition) is 2. The summed E-state index contributed by atoms with van der Waals surface area (Å²) >= 11 is 1.47. The van der Waals surface area contributed by atoms with Gasteiger partial charge in [0, 0.05) is 35.6 Å². The fraction of sp³-hybridized carbons (Fsp3) is 0.476. The molecule has 1 aromatic carbocycles. The third kappa shape index (κ3) is 3.86. The summed E-state index contributed by atoms with van der Waals surface area (Å²) in [6.07, 6.45) is 5.61. The van der Waals surface area contributed by atoms with Gasteiger partial charge in [-0.05, 0) is 65.8 Å². The number of benzene rings is 1. The molecule has 0 amide bonds. The molecule has 0 saturated carbocycles. The number of anilines is 1. The van der Waals surface area contributed by atoms with Gasteiger partial charge in [0.25, 0.3) is 0 Å². The second-order valence-corrected chi connectivity index (χ2v) is 9.98. The molecule has 1 aliphatic heterocycles. The zero-order valence-corrected chi connectivity index (χ0v) is 18.4. The molecule has 3 aromatic rings. The van der Waals surface area contributed by atoms with Crippen LogP contribution in [0.1, 0.15) is 40.5 Å². The van der Waals surface area contributed by atoms with Crippen LogP contribution in [0.2, 0.25) is 0 Å². The van der Waals surface area contributed by atoms with Crippen molar-refractivity contribution in [3.05, 3.63) is 36.7 Å². The normalized spacial score (nSPS) is 19.3. The van der Waals surface area contributed by atoms with E-state index in [9.17, 15) is 5.11 Å². The standard InChI is InChI=1S/C21H28N6OS/c1-20(2)12-14(13-21(3,4)26(20)5)23-19-25-24-18(29-19)16-8-7-15(11-17(16)28)27-10-6-9-22-27/h6-11,14,28H,12-13H2,1-5H3,(H,23,25). The van der Waals surface area contributed by atoms with Crippen molar-refractivity contribution >= 4 is 16.5 Å². The highest BCUT2D eigenvalue weighted by molar-refractivity contribution is 7.18. The van der Waals surface area contributed by atoms with Gasteiger partial charge < -0.3 is 10.4 Å². The molecular formula is C21H28N6OS. The van der Waals surface area contributed by atoms with Gasteiger partial charge in [-0.1, -0.05) is 11.3 Å². The molecule has 0 aliphatic carbocycles. The maximum absolute atomic E-state index is 10.5. The Balaban J connectivity index is 1.52. The van der Waals surface area contributed by atoms with Crippen LogP contribution in [0.3, 0.4) is 0 Å². The Morgan fingerprint density at radius 1 is 1.14 bits per heavy atom. The summed E-state index contributed by atoms with van der Waals surface area (Å²) in [4.78, 5) is 2.46. The van der Waals surface area contributed by atoms with Crippen molar-refractivity contribution in [2.75, 3.05) is 12.4 Å². The second kappa shape index (κ2) is 7.11. The van der Waals surface area contributed by atoms with Crippen molar-refractivity contribution in [1.82, 2.24) is 24.9 Å². The monoisotopic (exact) mass is 412 g/mol. The third-order valence-corrected chi connectivity index (χ3v) is 6.93. The summed E-state index contributed by atoms with van der Waals surface area (Å²) < 4.78 is 1.71. The molecule has 0 atom stereocenters. The van der Waals surface area contributed by atoms with Crippen LogP contribution >= 0.6 is 11.3 Å². The van der Waals surface area contributed by atoms with Crippen molar-refractivity contribution < 1.29 is 5.11 Å². The van der Waals surface area contributed by atoms with Gasteiger partial charge in [-0.25, -0.2) is 4.68 Å². The molecule has 0 unspecified atom stereocenters. The van der Waals surface area contributed by atoms with Crippen LogP contribution in [0, 0.1) is 0 Å². The summed E-state index contributed by atoms with van der Waals surface area (Å²) in [7, 11) is 2.20. The Bertz CT molecular complexity index is 977. The molecule has 3 heterocycles. The second-order valence-electron chi connectivity index (χ2n) is 9.00. The number of nitrogens with zero attached hydrogens (tertiary/aromatic N) is 5. The molecule has 8 heteroatoms. The lowest BCUT2D eigenvalue weighted by atomic mass is 9.77. The number of phenolic OH excluding ortho intramolecular Hbond substituents is 1. The van der Waals surface area contributed by atoms with E-state index in [2.05, 4.69) is 60.3 Å². The summed E-state index contributed by atoms with van der Waals surface area (Å²) in [5.41, 5.74) is 1.69. The number of rotatable bonds is 4. The molecule has 0 radical (unpaired) electrons. The van der Waals surface area contributed by atoms with Crippen molar-refractivity contribution in [2.24, 2.45) is 0 Å². The van der Waals surface area contributed by atoms with Gasteiger partial charge in [-0.2, -0.15) is 5.10 Å². The summed E-state index contributed by atoms with van der Waals surface area (Å²) in [6, 6.07) is 7.64. The van der Waals surface area contributed by atoms with Crippen LogP contribution < -0.4 is 5.32 Å². The van der Waals surface area contributed by atoms with Crippen LogP contribution in [0.5, 0.6) is 5.75 Å². The summed E-state index contributed by atoms with van der Waals surface area (Å²) in [5, 5.41) is 28.4. The molecule has 154 valence electrons. The van der Waals surface area contributed by atoms with Crippen LogP contribution in [0.25, 0.3) is 16.3 Å². The highest BCUT2D eigenvalue weighted by Gasteiger charge is 2.43. The molecule has 2 aromatic heterocycles. The van der Waals surface area contributed by atoms with E-state index in [0.29, 0.717) is 16.6 Å². The van der Waals surface area contributed by atoms with Crippen LogP contribution in [0.15, 0.2) is 36.7 Å².